The van der Waals surface area contributed by atoms with Crippen LogP contribution in [0.3, 0.4) is 0 Å². The normalized spacial score (nSPS) is 27.2. The van der Waals surface area contributed by atoms with Crippen LogP contribution in [0, 0.1) is 0 Å². The second-order valence-corrected chi connectivity index (χ2v) is 9.36. The molecule has 0 saturated carbocycles. The largest absolute Gasteiger partial charge is 0.486 e. The first-order valence-corrected chi connectivity index (χ1v) is 10.8. The van der Waals surface area contributed by atoms with Gasteiger partial charge in [0.25, 0.3) is 0 Å². The van der Waals surface area contributed by atoms with Gasteiger partial charge in [-0.1, -0.05) is 0 Å². The van der Waals surface area contributed by atoms with Gasteiger partial charge in [0.05, 0.1) is 10.6 Å². The number of nitrogens with one attached hydrogen (secondary N) is 2. The third kappa shape index (κ3) is 3.81. The first kappa shape index (κ1) is 17.6. The molecule has 142 valence electrons. The van der Waals surface area contributed by atoms with Crippen molar-refractivity contribution in [1.82, 2.24) is 10.6 Å². The van der Waals surface area contributed by atoms with Gasteiger partial charge in [0.1, 0.15) is 13.2 Å². The minimum absolute atomic E-state index is 0.0317. The maximum absolute atomic E-state index is 12.5. The number of hydrogen-bond donors (Lipinski definition) is 2. The first-order chi connectivity index (χ1) is 12.5. The van der Waals surface area contributed by atoms with Crippen molar-refractivity contribution in [1.29, 1.82) is 0 Å². The van der Waals surface area contributed by atoms with Crippen LogP contribution in [0.2, 0.25) is 0 Å². The summed E-state index contributed by atoms with van der Waals surface area (Å²) in [4.78, 5) is 12.4. The number of piperidine rings is 1. The molecule has 2 fully saturated rings. The van der Waals surface area contributed by atoms with E-state index in [1.807, 2.05) is 0 Å². The molecule has 8 heteroatoms. The molecule has 2 bridgehead atoms. The Hall–Kier alpha value is -1.80. The summed E-state index contributed by atoms with van der Waals surface area (Å²) >= 11 is 0. The van der Waals surface area contributed by atoms with Crippen molar-refractivity contribution in [2.24, 2.45) is 0 Å². The van der Waals surface area contributed by atoms with E-state index in [1.165, 1.54) is 12.1 Å². The summed E-state index contributed by atoms with van der Waals surface area (Å²) in [5.41, 5.74) is 0. The lowest BCUT2D eigenvalue weighted by atomic mass is 10.00. The number of rotatable bonds is 5. The lowest BCUT2D eigenvalue weighted by Crippen LogP contribution is -2.48. The Labute approximate surface area is 153 Å². The van der Waals surface area contributed by atoms with Crippen LogP contribution in [0.5, 0.6) is 11.5 Å². The van der Waals surface area contributed by atoms with Crippen LogP contribution in [0.25, 0.3) is 0 Å². The smallest absolute Gasteiger partial charge is 0.221 e. The highest BCUT2D eigenvalue weighted by Gasteiger charge is 2.34. The molecule has 3 aliphatic heterocycles. The van der Waals surface area contributed by atoms with E-state index in [0.717, 1.165) is 25.7 Å². The number of ether oxygens (including phenoxy) is 2. The Kier molecular flexibility index (Phi) is 4.79. The average molecular weight is 380 g/mol. The van der Waals surface area contributed by atoms with Gasteiger partial charge in [-0.2, -0.15) is 0 Å². The van der Waals surface area contributed by atoms with Gasteiger partial charge in [-0.3, -0.25) is 4.79 Å². The first-order valence-electron chi connectivity index (χ1n) is 9.17. The van der Waals surface area contributed by atoms with Gasteiger partial charge in [0.15, 0.2) is 21.3 Å². The van der Waals surface area contributed by atoms with Crippen molar-refractivity contribution >= 4 is 15.7 Å². The summed E-state index contributed by atoms with van der Waals surface area (Å²) in [7, 11) is -3.55. The second kappa shape index (κ2) is 7.08. The highest BCUT2D eigenvalue weighted by Crippen LogP contribution is 2.32. The molecule has 1 aromatic rings. The molecule has 2 atom stereocenters. The molecule has 2 N–H and O–H groups in total. The van der Waals surface area contributed by atoms with Crippen molar-refractivity contribution in [2.45, 2.75) is 55.1 Å². The van der Waals surface area contributed by atoms with Crippen LogP contribution in [-0.4, -0.2) is 51.4 Å². The average Bonchev–Trinajstić information content (AvgIpc) is 2.98. The zero-order valence-electron chi connectivity index (χ0n) is 14.6. The van der Waals surface area contributed by atoms with Gasteiger partial charge in [-0.05, 0) is 37.8 Å². The van der Waals surface area contributed by atoms with E-state index in [9.17, 15) is 13.2 Å². The highest BCUT2D eigenvalue weighted by molar-refractivity contribution is 7.91. The molecule has 7 nitrogen and oxygen atoms in total. The van der Waals surface area contributed by atoms with E-state index in [-0.39, 0.29) is 29.0 Å². The van der Waals surface area contributed by atoms with Gasteiger partial charge in [0.2, 0.25) is 5.91 Å². The molecule has 0 aromatic heterocycles. The van der Waals surface area contributed by atoms with Crippen LogP contribution >= 0.6 is 0 Å². The molecule has 0 aliphatic carbocycles. The van der Waals surface area contributed by atoms with Crippen LogP contribution in [0.1, 0.15) is 32.1 Å². The highest BCUT2D eigenvalue weighted by atomic mass is 32.2. The quantitative estimate of drug-likeness (QED) is 0.792. The number of sulfone groups is 1. The Morgan fingerprint density at radius 1 is 1.12 bits per heavy atom. The Bertz CT molecular complexity index is 783. The minimum atomic E-state index is -3.55. The molecule has 1 amide bonds. The fraction of sp³-hybridized carbons (Fsp3) is 0.611. The van der Waals surface area contributed by atoms with Gasteiger partial charge in [0, 0.05) is 30.6 Å². The lowest BCUT2D eigenvalue weighted by Gasteiger charge is -2.29. The Morgan fingerprint density at radius 3 is 2.54 bits per heavy atom. The standard InChI is InChI=1S/C18H24N2O5S/c21-18(20-14-9-12-1-2-13(10-14)19-12)5-8-26(22,23)15-3-4-16-17(11-15)25-7-6-24-16/h3-4,11-14,19H,1-2,5-10H2,(H,20,21). The monoisotopic (exact) mass is 380 g/mol. The minimum Gasteiger partial charge on any atom is -0.486 e. The molecule has 3 heterocycles. The zero-order valence-corrected chi connectivity index (χ0v) is 15.4. The number of carbonyl (C=O) groups excluding carboxylic acids is 1. The number of carbonyl (C=O) groups is 1. The van der Waals surface area contributed by atoms with Crippen LogP contribution in [-0.2, 0) is 14.6 Å². The predicted molar refractivity (Wildman–Crippen MR) is 95.2 cm³/mol. The fourth-order valence-corrected chi connectivity index (χ4v) is 5.29. The predicted octanol–water partition coefficient (Wildman–Crippen LogP) is 1.02. The summed E-state index contributed by atoms with van der Waals surface area (Å²) in [5, 5.41) is 6.53. The van der Waals surface area contributed by atoms with Crippen LogP contribution in [0.4, 0.5) is 0 Å². The molecule has 0 radical (unpaired) electrons. The number of hydrogen-bond acceptors (Lipinski definition) is 6. The maximum Gasteiger partial charge on any atom is 0.221 e. The van der Waals surface area contributed by atoms with Crippen LogP contribution < -0.4 is 20.1 Å². The molecule has 1 aromatic carbocycles. The second-order valence-electron chi connectivity index (χ2n) is 7.25. The van der Waals surface area contributed by atoms with Gasteiger partial charge < -0.3 is 20.1 Å². The molecule has 4 rings (SSSR count). The molecule has 0 spiro atoms. The van der Waals surface area contributed by atoms with E-state index >= 15 is 0 Å². The Balaban J connectivity index is 1.33. The lowest BCUT2D eigenvalue weighted by molar-refractivity contribution is -0.121. The topological polar surface area (TPSA) is 93.7 Å². The molecule has 3 aliphatic rings. The van der Waals surface area contributed by atoms with Crippen molar-refractivity contribution in [3.05, 3.63) is 18.2 Å². The van der Waals surface area contributed by atoms with E-state index in [2.05, 4.69) is 10.6 Å². The van der Waals surface area contributed by atoms with E-state index < -0.39 is 9.84 Å². The maximum atomic E-state index is 12.5. The summed E-state index contributed by atoms with van der Waals surface area (Å²) < 4.78 is 35.9. The van der Waals surface area contributed by atoms with Crippen molar-refractivity contribution in [3.63, 3.8) is 0 Å². The summed E-state index contributed by atoms with van der Waals surface area (Å²) in [6.07, 6.45) is 4.15. The summed E-state index contributed by atoms with van der Waals surface area (Å²) in [6, 6.07) is 5.71. The molecule has 2 saturated heterocycles. The van der Waals surface area contributed by atoms with Crippen molar-refractivity contribution in [2.75, 3.05) is 19.0 Å². The van der Waals surface area contributed by atoms with E-state index in [1.54, 1.807) is 6.07 Å². The number of benzene rings is 1. The fourth-order valence-electron chi connectivity index (χ4n) is 4.04. The third-order valence-corrected chi connectivity index (χ3v) is 7.02. The molecule has 2 unspecified atom stereocenters. The van der Waals surface area contributed by atoms with Gasteiger partial charge >= 0.3 is 0 Å². The molecular formula is C18H24N2O5S. The molecule has 26 heavy (non-hydrogen) atoms. The van der Waals surface area contributed by atoms with Crippen molar-refractivity contribution in [3.8, 4) is 11.5 Å². The molecular weight excluding hydrogens is 356 g/mol. The SMILES string of the molecule is O=C(CCS(=O)(=O)c1ccc2c(c1)OCCO2)NC1CC2CCC(C1)N2. The third-order valence-electron chi connectivity index (χ3n) is 5.31. The Morgan fingerprint density at radius 2 is 1.81 bits per heavy atom. The summed E-state index contributed by atoms with van der Waals surface area (Å²) in [5.74, 6) is 0.578. The number of fused-ring (bicyclic) bond motifs is 3. The summed E-state index contributed by atoms with van der Waals surface area (Å²) in [6.45, 7) is 0.856. The van der Waals surface area contributed by atoms with Gasteiger partial charge in [-0.25, -0.2) is 8.42 Å². The van der Waals surface area contributed by atoms with Gasteiger partial charge in [-0.15, -0.1) is 0 Å². The van der Waals surface area contributed by atoms with E-state index in [0.29, 0.717) is 36.8 Å². The van der Waals surface area contributed by atoms with Crippen molar-refractivity contribution < 1.29 is 22.7 Å². The van der Waals surface area contributed by atoms with Crippen LogP contribution in [0.15, 0.2) is 23.1 Å². The van der Waals surface area contributed by atoms with E-state index in [4.69, 9.17) is 9.47 Å². The zero-order chi connectivity index (χ0) is 18.1. The number of amides is 1.